The van der Waals surface area contributed by atoms with Gasteiger partial charge in [0.1, 0.15) is 6.54 Å². The van der Waals surface area contributed by atoms with Crippen LogP contribution in [0.2, 0.25) is 0 Å². The van der Waals surface area contributed by atoms with Crippen LogP contribution in [0.5, 0.6) is 0 Å². The molecule has 4 rings (SSSR count). The summed E-state index contributed by atoms with van der Waals surface area (Å²) < 4.78 is 27.9. The molecule has 1 saturated heterocycles. The molecule has 2 aromatic rings. The average molecular weight is 348 g/mol. The summed E-state index contributed by atoms with van der Waals surface area (Å²) in [7, 11) is -3.14. The number of sulfonamides is 1. The fourth-order valence-electron chi connectivity index (χ4n) is 3.15. The Bertz CT molecular complexity index is 864. The Labute approximate surface area is 140 Å². The highest BCUT2D eigenvalue weighted by Gasteiger charge is 2.41. The molecule has 2 fully saturated rings. The summed E-state index contributed by atoms with van der Waals surface area (Å²) in [6, 6.07) is 7.70. The number of carbonyl (C=O) groups excluding carboxylic acids is 1. The van der Waals surface area contributed by atoms with Crippen molar-refractivity contribution >= 4 is 27.0 Å². The maximum Gasteiger partial charge on any atom is 0.242 e. The Hall–Kier alpha value is -1.93. The highest BCUT2D eigenvalue weighted by molar-refractivity contribution is 7.90. The van der Waals surface area contributed by atoms with Crippen LogP contribution < -0.4 is 0 Å². The molecule has 2 aliphatic rings. The van der Waals surface area contributed by atoms with Crippen molar-refractivity contribution in [3.63, 3.8) is 0 Å². The van der Waals surface area contributed by atoms with Gasteiger partial charge in [-0.3, -0.25) is 4.79 Å². The molecule has 24 heavy (non-hydrogen) atoms. The maximum absolute atomic E-state index is 12.5. The topological polar surface area (TPSA) is 75.5 Å². The van der Waals surface area contributed by atoms with E-state index < -0.39 is 10.0 Å². The van der Waals surface area contributed by atoms with Crippen LogP contribution >= 0.6 is 0 Å². The highest BCUT2D eigenvalue weighted by Crippen LogP contribution is 2.31. The van der Waals surface area contributed by atoms with Gasteiger partial charge in [0.15, 0.2) is 0 Å². The van der Waals surface area contributed by atoms with Crippen LogP contribution in [-0.4, -0.2) is 64.5 Å². The third-order valence-corrected chi connectivity index (χ3v) is 7.13. The first kappa shape index (κ1) is 15.6. The van der Waals surface area contributed by atoms with E-state index in [0.29, 0.717) is 26.2 Å². The summed E-state index contributed by atoms with van der Waals surface area (Å²) in [5.74, 6) is 0.00150. The van der Waals surface area contributed by atoms with Gasteiger partial charge in [0.05, 0.1) is 22.6 Å². The van der Waals surface area contributed by atoms with Gasteiger partial charge in [0, 0.05) is 26.2 Å². The molecular weight excluding hydrogens is 328 g/mol. The SMILES string of the molecule is O=C(Cn1cnc2ccccc21)N1CCN(S(=O)(=O)C2CC2)CC1. The lowest BCUT2D eigenvalue weighted by Crippen LogP contribution is -2.51. The number of aromatic nitrogens is 2. The second kappa shape index (κ2) is 5.86. The van der Waals surface area contributed by atoms with Crippen LogP contribution in [0.1, 0.15) is 12.8 Å². The predicted molar refractivity (Wildman–Crippen MR) is 89.8 cm³/mol. The van der Waals surface area contributed by atoms with E-state index in [1.54, 1.807) is 15.5 Å². The van der Waals surface area contributed by atoms with E-state index in [-0.39, 0.29) is 17.7 Å². The molecular formula is C16H20N4O3S. The van der Waals surface area contributed by atoms with E-state index in [2.05, 4.69) is 4.98 Å². The van der Waals surface area contributed by atoms with Gasteiger partial charge in [-0.15, -0.1) is 0 Å². The summed E-state index contributed by atoms with van der Waals surface area (Å²) in [6.07, 6.45) is 3.22. The third-order valence-electron chi connectivity index (χ3n) is 4.73. The smallest absolute Gasteiger partial charge is 0.242 e. The van der Waals surface area contributed by atoms with Crippen LogP contribution in [0.4, 0.5) is 0 Å². The minimum Gasteiger partial charge on any atom is -0.339 e. The van der Waals surface area contributed by atoms with Gasteiger partial charge < -0.3 is 9.47 Å². The summed E-state index contributed by atoms with van der Waals surface area (Å²) in [5.41, 5.74) is 1.80. The third kappa shape index (κ3) is 2.80. The molecule has 1 aliphatic heterocycles. The molecule has 2 heterocycles. The van der Waals surface area contributed by atoms with Crippen molar-refractivity contribution < 1.29 is 13.2 Å². The van der Waals surface area contributed by atoms with Crippen molar-refractivity contribution in [1.82, 2.24) is 18.8 Å². The lowest BCUT2D eigenvalue weighted by molar-refractivity contribution is -0.132. The van der Waals surface area contributed by atoms with Gasteiger partial charge in [-0.05, 0) is 25.0 Å². The van der Waals surface area contributed by atoms with Gasteiger partial charge in [0.25, 0.3) is 0 Å². The van der Waals surface area contributed by atoms with Crippen LogP contribution in [0.15, 0.2) is 30.6 Å². The van der Waals surface area contributed by atoms with Crippen molar-refractivity contribution in [1.29, 1.82) is 0 Å². The lowest BCUT2D eigenvalue weighted by Gasteiger charge is -2.34. The Kier molecular flexibility index (Phi) is 3.80. The number of amides is 1. The zero-order valence-electron chi connectivity index (χ0n) is 13.3. The molecule has 1 aromatic carbocycles. The number of benzene rings is 1. The number of para-hydroxylation sites is 2. The number of carbonyl (C=O) groups is 1. The van der Waals surface area contributed by atoms with E-state index in [4.69, 9.17) is 0 Å². The number of hydrogen-bond acceptors (Lipinski definition) is 4. The lowest BCUT2D eigenvalue weighted by atomic mass is 10.3. The van der Waals surface area contributed by atoms with Crippen LogP contribution in [0.3, 0.4) is 0 Å². The van der Waals surface area contributed by atoms with Gasteiger partial charge in [-0.25, -0.2) is 13.4 Å². The van der Waals surface area contributed by atoms with E-state index in [9.17, 15) is 13.2 Å². The Morgan fingerprint density at radius 2 is 1.83 bits per heavy atom. The van der Waals surface area contributed by atoms with Crippen molar-refractivity contribution in [2.45, 2.75) is 24.6 Å². The largest absolute Gasteiger partial charge is 0.339 e. The first-order chi connectivity index (χ1) is 11.6. The molecule has 0 N–H and O–H groups in total. The number of rotatable bonds is 4. The molecule has 1 aromatic heterocycles. The molecule has 7 nitrogen and oxygen atoms in total. The summed E-state index contributed by atoms with van der Waals surface area (Å²) in [6.45, 7) is 1.94. The molecule has 1 saturated carbocycles. The minimum absolute atomic E-state index is 0.00150. The van der Waals surface area contributed by atoms with E-state index >= 15 is 0 Å². The quantitative estimate of drug-likeness (QED) is 0.814. The molecule has 0 unspecified atom stereocenters. The monoisotopic (exact) mass is 348 g/mol. The molecule has 0 bridgehead atoms. The number of hydrogen-bond donors (Lipinski definition) is 0. The highest BCUT2D eigenvalue weighted by atomic mass is 32.2. The fraction of sp³-hybridized carbons (Fsp3) is 0.500. The zero-order valence-corrected chi connectivity index (χ0v) is 14.2. The zero-order chi connectivity index (χ0) is 16.7. The van der Waals surface area contributed by atoms with E-state index in [0.717, 1.165) is 23.9 Å². The first-order valence-electron chi connectivity index (χ1n) is 8.22. The molecule has 0 spiro atoms. The van der Waals surface area contributed by atoms with E-state index in [1.165, 1.54) is 0 Å². The molecule has 8 heteroatoms. The van der Waals surface area contributed by atoms with Gasteiger partial charge in [-0.2, -0.15) is 4.31 Å². The number of imidazole rings is 1. The van der Waals surface area contributed by atoms with Crippen LogP contribution in [-0.2, 0) is 21.4 Å². The van der Waals surface area contributed by atoms with Gasteiger partial charge in [-0.1, -0.05) is 12.1 Å². The number of piperazine rings is 1. The molecule has 128 valence electrons. The second-order valence-corrected chi connectivity index (χ2v) is 8.60. The van der Waals surface area contributed by atoms with Crippen molar-refractivity contribution in [3.05, 3.63) is 30.6 Å². The van der Waals surface area contributed by atoms with Gasteiger partial charge in [0.2, 0.25) is 15.9 Å². The summed E-state index contributed by atoms with van der Waals surface area (Å²) >= 11 is 0. The summed E-state index contributed by atoms with van der Waals surface area (Å²) in [4.78, 5) is 18.6. The normalized spacial score (nSPS) is 19.8. The Balaban J connectivity index is 1.40. The maximum atomic E-state index is 12.5. The van der Waals surface area contributed by atoms with E-state index in [1.807, 2.05) is 28.8 Å². The Morgan fingerprint density at radius 1 is 1.12 bits per heavy atom. The second-order valence-electron chi connectivity index (χ2n) is 6.39. The molecule has 0 radical (unpaired) electrons. The number of nitrogens with zero attached hydrogens (tertiary/aromatic N) is 4. The Morgan fingerprint density at radius 3 is 2.54 bits per heavy atom. The molecule has 1 amide bonds. The van der Waals surface area contributed by atoms with Crippen molar-refractivity contribution in [3.8, 4) is 0 Å². The molecule has 1 aliphatic carbocycles. The standard InChI is InChI=1S/C16H20N4O3S/c21-16(11-19-12-17-14-3-1-2-4-15(14)19)18-7-9-20(10-8-18)24(22,23)13-5-6-13/h1-4,12-13H,5-11H2. The predicted octanol–water partition coefficient (Wildman–Crippen LogP) is 0.673. The summed E-state index contributed by atoms with van der Waals surface area (Å²) in [5, 5.41) is -0.183. The van der Waals surface area contributed by atoms with Crippen LogP contribution in [0.25, 0.3) is 11.0 Å². The molecule has 0 atom stereocenters. The first-order valence-corrected chi connectivity index (χ1v) is 9.72. The number of fused-ring (bicyclic) bond motifs is 1. The van der Waals surface area contributed by atoms with Crippen molar-refractivity contribution in [2.24, 2.45) is 0 Å². The minimum atomic E-state index is -3.14. The average Bonchev–Trinajstić information content (AvgIpc) is 3.39. The fourth-order valence-corrected chi connectivity index (χ4v) is 4.98. The van der Waals surface area contributed by atoms with Crippen LogP contribution in [0, 0.1) is 0 Å². The van der Waals surface area contributed by atoms with Gasteiger partial charge >= 0.3 is 0 Å². The van der Waals surface area contributed by atoms with Crippen molar-refractivity contribution in [2.75, 3.05) is 26.2 Å².